The van der Waals surface area contributed by atoms with Crippen molar-refractivity contribution in [2.24, 2.45) is 5.73 Å². The normalized spacial score (nSPS) is 14.6. The Labute approximate surface area is 89.1 Å². The Balaban J connectivity index is 2.79. The van der Waals surface area contributed by atoms with E-state index >= 15 is 0 Å². The Morgan fingerprint density at radius 1 is 1.67 bits per heavy atom. The van der Waals surface area contributed by atoms with Crippen LogP contribution in [0.15, 0.2) is 17.2 Å². The molecule has 0 spiro atoms. The summed E-state index contributed by atoms with van der Waals surface area (Å²) in [5, 5.41) is 3.24. The molecule has 4 N–H and O–H groups in total. The van der Waals surface area contributed by atoms with Gasteiger partial charge >= 0.3 is 0 Å². The lowest BCUT2D eigenvalue weighted by Gasteiger charge is -2.29. The van der Waals surface area contributed by atoms with E-state index in [9.17, 15) is 4.79 Å². The first kappa shape index (κ1) is 11.7. The second-order valence-corrected chi connectivity index (χ2v) is 3.87. The molecule has 5 nitrogen and oxygen atoms in total. The van der Waals surface area contributed by atoms with Crippen molar-refractivity contribution >= 4 is 5.82 Å². The minimum atomic E-state index is -0.154. The molecular weight excluding hydrogens is 192 g/mol. The van der Waals surface area contributed by atoms with E-state index in [0.29, 0.717) is 12.4 Å². The zero-order chi connectivity index (χ0) is 11.3. The predicted octanol–water partition coefficient (Wildman–Crippen LogP) is 0.699. The summed E-state index contributed by atoms with van der Waals surface area (Å²) in [7, 11) is 0. The van der Waals surface area contributed by atoms with Crippen LogP contribution in [0.4, 0.5) is 5.82 Å². The van der Waals surface area contributed by atoms with Gasteiger partial charge in [-0.05, 0) is 26.3 Å². The van der Waals surface area contributed by atoms with Gasteiger partial charge in [-0.25, -0.2) is 4.98 Å². The Bertz CT molecular complexity index is 362. The van der Waals surface area contributed by atoms with Crippen molar-refractivity contribution < 1.29 is 0 Å². The molecular formula is C10H18N4O. The maximum atomic E-state index is 11.1. The van der Waals surface area contributed by atoms with E-state index in [1.165, 1.54) is 12.4 Å². The molecule has 0 aliphatic carbocycles. The van der Waals surface area contributed by atoms with E-state index < -0.39 is 0 Å². The standard InChI is InChI=1S/C10H18N4O/c1-3-10(2,4-5-11)14-8-6-9(15)13-7-12-8/h6-7H,3-5,11H2,1-2H3,(H2,12,13,14,15). The summed E-state index contributed by atoms with van der Waals surface area (Å²) in [5.41, 5.74) is 5.29. The molecule has 1 atom stereocenters. The highest BCUT2D eigenvalue weighted by atomic mass is 16.1. The lowest BCUT2D eigenvalue weighted by Crippen LogP contribution is -2.37. The van der Waals surface area contributed by atoms with Crippen LogP contribution in [0.25, 0.3) is 0 Å². The van der Waals surface area contributed by atoms with Gasteiger partial charge in [0.25, 0.3) is 5.56 Å². The number of hydrogen-bond acceptors (Lipinski definition) is 4. The zero-order valence-corrected chi connectivity index (χ0v) is 9.21. The molecule has 15 heavy (non-hydrogen) atoms. The van der Waals surface area contributed by atoms with E-state index in [2.05, 4.69) is 29.1 Å². The summed E-state index contributed by atoms with van der Waals surface area (Å²) in [5.74, 6) is 0.594. The molecule has 0 amide bonds. The van der Waals surface area contributed by atoms with Crippen molar-refractivity contribution in [2.75, 3.05) is 11.9 Å². The number of aromatic amines is 1. The van der Waals surface area contributed by atoms with Gasteiger partial charge in [0.2, 0.25) is 0 Å². The second-order valence-electron chi connectivity index (χ2n) is 3.87. The number of nitrogens with two attached hydrogens (primary N) is 1. The van der Waals surface area contributed by atoms with Gasteiger partial charge in [0, 0.05) is 11.6 Å². The van der Waals surface area contributed by atoms with Gasteiger partial charge in [-0.3, -0.25) is 4.79 Å². The molecule has 0 fully saturated rings. The number of H-pyrrole nitrogens is 1. The maximum Gasteiger partial charge on any atom is 0.252 e. The average Bonchev–Trinajstić information content (AvgIpc) is 2.18. The van der Waals surface area contributed by atoms with Crippen LogP contribution in [-0.4, -0.2) is 22.1 Å². The molecule has 0 radical (unpaired) electrons. The molecule has 1 rings (SSSR count). The fourth-order valence-electron chi connectivity index (χ4n) is 1.39. The van der Waals surface area contributed by atoms with Crippen LogP contribution in [0, 0.1) is 0 Å². The average molecular weight is 210 g/mol. The third-order valence-corrected chi connectivity index (χ3v) is 2.58. The highest BCUT2D eigenvalue weighted by Gasteiger charge is 2.20. The van der Waals surface area contributed by atoms with Crippen LogP contribution in [-0.2, 0) is 0 Å². The topological polar surface area (TPSA) is 83.8 Å². The number of nitrogens with one attached hydrogen (secondary N) is 2. The summed E-state index contributed by atoms with van der Waals surface area (Å²) >= 11 is 0. The monoisotopic (exact) mass is 210 g/mol. The SMILES string of the molecule is CCC(C)(CCN)Nc1cc(=O)[nH]cn1. The highest BCUT2D eigenvalue weighted by Crippen LogP contribution is 2.18. The molecule has 0 aromatic carbocycles. The molecule has 0 saturated carbocycles. The first-order valence-electron chi connectivity index (χ1n) is 5.12. The van der Waals surface area contributed by atoms with E-state index in [0.717, 1.165) is 12.8 Å². The van der Waals surface area contributed by atoms with Crippen LogP contribution in [0.5, 0.6) is 0 Å². The molecule has 0 aliphatic rings. The Hall–Kier alpha value is -1.36. The third kappa shape index (κ3) is 3.36. The number of hydrogen-bond donors (Lipinski definition) is 3. The predicted molar refractivity (Wildman–Crippen MR) is 60.8 cm³/mol. The van der Waals surface area contributed by atoms with E-state index in [1.54, 1.807) is 0 Å². The van der Waals surface area contributed by atoms with Gasteiger partial charge in [-0.1, -0.05) is 6.92 Å². The number of aromatic nitrogens is 2. The third-order valence-electron chi connectivity index (χ3n) is 2.58. The molecule has 1 unspecified atom stereocenters. The van der Waals surface area contributed by atoms with Crippen LogP contribution < -0.4 is 16.6 Å². The highest BCUT2D eigenvalue weighted by molar-refractivity contribution is 5.35. The van der Waals surface area contributed by atoms with Crippen molar-refractivity contribution in [2.45, 2.75) is 32.2 Å². The summed E-state index contributed by atoms with van der Waals surface area (Å²) < 4.78 is 0. The Morgan fingerprint density at radius 3 is 2.93 bits per heavy atom. The van der Waals surface area contributed by atoms with E-state index in [1.807, 2.05) is 0 Å². The van der Waals surface area contributed by atoms with Crippen LogP contribution in [0.1, 0.15) is 26.7 Å². The first-order valence-corrected chi connectivity index (χ1v) is 5.12. The lowest BCUT2D eigenvalue weighted by molar-refractivity contribution is 0.462. The molecule has 84 valence electrons. The zero-order valence-electron chi connectivity index (χ0n) is 9.21. The number of rotatable bonds is 5. The summed E-state index contributed by atoms with van der Waals surface area (Å²) in [6.07, 6.45) is 3.17. The molecule has 0 aliphatic heterocycles. The van der Waals surface area contributed by atoms with Crippen LogP contribution >= 0.6 is 0 Å². The van der Waals surface area contributed by atoms with Gasteiger partial charge < -0.3 is 16.0 Å². The van der Waals surface area contributed by atoms with Gasteiger partial charge in [-0.15, -0.1) is 0 Å². The van der Waals surface area contributed by atoms with Crippen molar-refractivity contribution in [3.05, 3.63) is 22.7 Å². The van der Waals surface area contributed by atoms with Gasteiger partial charge in [0.05, 0.1) is 6.33 Å². The fraction of sp³-hybridized carbons (Fsp3) is 0.600. The van der Waals surface area contributed by atoms with Gasteiger partial charge in [0.1, 0.15) is 5.82 Å². The fourth-order valence-corrected chi connectivity index (χ4v) is 1.39. The summed E-state index contributed by atoms with van der Waals surface area (Å²) in [4.78, 5) is 17.6. The molecule has 0 bridgehead atoms. The summed E-state index contributed by atoms with van der Waals surface area (Å²) in [6.45, 7) is 4.76. The van der Waals surface area contributed by atoms with E-state index in [-0.39, 0.29) is 11.1 Å². The Kier molecular flexibility index (Phi) is 3.85. The van der Waals surface area contributed by atoms with Crippen LogP contribution in [0.2, 0.25) is 0 Å². The van der Waals surface area contributed by atoms with Crippen molar-refractivity contribution in [3.8, 4) is 0 Å². The second kappa shape index (κ2) is 4.93. The molecule has 0 saturated heterocycles. The first-order chi connectivity index (χ1) is 7.09. The van der Waals surface area contributed by atoms with Gasteiger partial charge in [-0.2, -0.15) is 0 Å². The van der Waals surface area contributed by atoms with Crippen LogP contribution in [0.3, 0.4) is 0 Å². The molecule has 1 aromatic rings. The number of nitrogens with zero attached hydrogens (tertiary/aromatic N) is 1. The van der Waals surface area contributed by atoms with Crippen molar-refractivity contribution in [3.63, 3.8) is 0 Å². The maximum absolute atomic E-state index is 11.1. The van der Waals surface area contributed by atoms with Gasteiger partial charge in [0.15, 0.2) is 0 Å². The largest absolute Gasteiger partial charge is 0.365 e. The quantitative estimate of drug-likeness (QED) is 0.668. The molecule has 5 heteroatoms. The number of anilines is 1. The van der Waals surface area contributed by atoms with Crippen molar-refractivity contribution in [1.29, 1.82) is 0 Å². The lowest BCUT2D eigenvalue weighted by atomic mass is 9.94. The van der Waals surface area contributed by atoms with Crippen molar-refractivity contribution in [1.82, 2.24) is 9.97 Å². The molecule has 1 aromatic heterocycles. The van der Waals surface area contributed by atoms with E-state index in [4.69, 9.17) is 5.73 Å². The summed E-state index contributed by atoms with van der Waals surface area (Å²) in [6, 6.07) is 1.45. The molecule has 1 heterocycles. The minimum absolute atomic E-state index is 0.102. The minimum Gasteiger partial charge on any atom is -0.365 e. The smallest absolute Gasteiger partial charge is 0.252 e. The Morgan fingerprint density at radius 2 is 2.40 bits per heavy atom.